The van der Waals surface area contributed by atoms with E-state index in [4.69, 9.17) is 19.7 Å². The Balaban J connectivity index is 2.17. The summed E-state index contributed by atoms with van der Waals surface area (Å²) in [5.74, 6) is -2.30. The van der Waals surface area contributed by atoms with Crippen molar-refractivity contribution < 1.29 is 38.2 Å². The molecule has 0 aliphatic carbocycles. The number of ketones is 1. The first-order valence-electron chi connectivity index (χ1n) is 12.5. The van der Waals surface area contributed by atoms with Crippen LogP contribution in [-0.2, 0) is 39.8 Å². The van der Waals surface area contributed by atoms with Gasteiger partial charge in [0.15, 0.2) is 0 Å². The van der Waals surface area contributed by atoms with E-state index >= 15 is 0 Å². The number of Topliss-reactive ketones (excluding diaryl/α,β-unsaturated/α-hetero) is 1. The smallest absolute Gasteiger partial charge is 0.328 e. The molecule has 1 heterocycles. The number of H-pyrrole nitrogens is 1. The number of carbonyl (C=O) groups excluding carboxylic acids is 4. The summed E-state index contributed by atoms with van der Waals surface area (Å²) >= 11 is 0. The number of rotatable bonds is 18. The number of ether oxygens (including phenoxy) is 3. The maximum absolute atomic E-state index is 13.4. The van der Waals surface area contributed by atoms with Crippen LogP contribution in [0.25, 0.3) is 16.4 Å². The van der Waals surface area contributed by atoms with Crippen molar-refractivity contribution >= 4 is 40.7 Å². The van der Waals surface area contributed by atoms with Crippen molar-refractivity contribution in [1.82, 2.24) is 20.5 Å². The minimum atomic E-state index is -1.19. The largest absolute Gasteiger partial charge is 0.462 e. The van der Waals surface area contributed by atoms with Gasteiger partial charge in [-0.05, 0) is 32.1 Å². The Hall–Kier alpha value is -3.90. The summed E-state index contributed by atoms with van der Waals surface area (Å²) in [6.07, 6.45) is 2.35. The molecule has 0 radical (unpaired) electrons. The maximum Gasteiger partial charge on any atom is 0.328 e. The third-order valence-electron chi connectivity index (χ3n) is 5.60. The number of nitrogens with zero attached hydrogens (tertiary/aromatic N) is 3. The molecule has 13 heteroatoms. The molecule has 0 fully saturated rings. The van der Waals surface area contributed by atoms with E-state index in [0.29, 0.717) is 13.2 Å². The van der Waals surface area contributed by atoms with E-state index in [2.05, 4.69) is 20.4 Å². The predicted octanol–water partition coefficient (Wildman–Crippen LogP) is 0.0977. The van der Waals surface area contributed by atoms with E-state index in [0.717, 1.165) is 22.7 Å². The lowest BCUT2D eigenvalue weighted by Gasteiger charge is -2.23. The number of fused-ring (bicyclic) bond motifs is 1. The molecule has 0 saturated heterocycles. The van der Waals surface area contributed by atoms with E-state index in [9.17, 15) is 19.2 Å². The number of benzene rings is 1. The highest BCUT2D eigenvalue weighted by molar-refractivity contribution is 6.25. The van der Waals surface area contributed by atoms with Crippen molar-refractivity contribution in [3.05, 3.63) is 41.6 Å². The van der Waals surface area contributed by atoms with Crippen LogP contribution in [0.1, 0.15) is 18.4 Å². The van der Waals surface area contributed by atoms with Gasteiger partial charge < -0.3 is 40.3 Å². The van der Waals surface area contributed by atoms with E-state index in [1.807, 2.05) is 24.3 Å². The monoisotopic (exact) mass is 544 g/mol. The number of hydrogen-bond donors (Lipinski definition) is 3. The van der Waals surface area contributed by atoms with Gasteiger partial charge in [-0.3, -0.25) is 14.4 Å². The Bertz CT molecular complexity index is 1160. The van der Waals surface area contributed by atoms with Gasteiger partial charge in [0.25, 0.3) is 0 Å². The second kappa shape index (κ2) is 16.8. The molecule has 0 aliphatic heterocycles. The summed E-state index contributed by atoms with van der Waals surface area (Å²) in [6.45, 7) is 0.819. The van der Waals surface area contributed by atoms with Crippen molar-refractivity contribution in [2.75, 3.05) is 54.2 Å². The van der Waals surface area contributed by atoms with Crippen LogP contribution < -0.4 is 10.6 Å². The third-order valence-corrected chi connectivity index (χ3v) is 5.60. The van der Waals surface area contributed by atoms with E-state index < -0.39 is 29.7 Å². The summed E-state index contributed by atoms with van der Waals surface area (Å²) in [5, 5.41) is 6.26. The summed E-state index contributed by atoms with van der Waals surface area (Å²) < 4.78 is 15.4. The lowest BCUT2D eigenvalue weighted by Crippen LogP contribution is -2.54. The first kappa shape index (κ1) is 31.3. The number of methoxy groups -OCH3 is 1. The Morgan fingerprint density at radius 3 is 2.54 bits per heavy atom. The number of amides is 2. The molecule has 2 atom stereocenters. The van der Waals surface area contributed by atoms with Gasteiger partial charge in [0.05, 0.1) is 26.4 Å². The van der Waals surface area contributed by atoms with Crippen LogP contribution in [0.15, 0.2) is 30.5 Å². The lowest BCUT2D eigenvalue weighted by atomic mass is 10.0. The molecule has 13 nitrogen and oxygen atoms in total. The van der Waals surface area contributed by atoms with Crippen LogP contribution in [-0.4, -0.2) is 111 Å². The summed E-state index contributed by atoms with van der Waals surface area (Å²) in [5.41, 5.74) is 10.3. The molecule has 39 heavy (non-hydrogen) atoms. The maximum atomic E-state index is 13.4. The number of nitrogens with one attached hydrogen (secondary N) is 3. The number of esters is 1. The SMILES string of the molecule is COCCOCCOC(=O)[C@H](CCC(=O)C=[N+]=[N-])NC(=O)C(Cc1c[nH]c2ccccc12)NC(=O)CN(C)C. The predicted molar refractivity (Wildman–Crippen MR) is 142 cm³/mol. The van der Waals surface area contributed by atoms with Gasteiger partial charge in [-0.1, -0.05) is 18.2 Å². The Morgan fingerprint density at radius 2 is 1.82 bits per heavy atom. The Labute approximate surface area is 226 Å². The van der Waals surface area contributed by atoms with Crippen LogP contribution in [0.4, 0.5) is 0 Å². The normalized spacial score (nSPS) is 12.4. The molecule has 1 aromatic carbocycles. The number of likely N-dealkylation sites (N-methyl/N-ethyl adjacent to an activating group) is 1. The fraction of sp³-hybridized carbons (Fsp3) is 0.500. The topological polar surface area (TPSA) is 175 Å². The molecule has 2 rings (SSSR count). The summed E-state index contributed by atoms with van der Waals surface area (Å²) in [7, 11) is 4.99. The van der Waals surface area contributed by atoms with Crippen LogP contribution in [0.3, 0.4) is 0 Å². The van der Waals surface area contributed by atoms with Crippen molar-refractivity contribution in [2.24, 2.45) is 0 Å². The van der Waals surface area contributed by atoms with Crippen molar-refractivity contribution in [1.29, 1.82) is 0 Å². The molecule has 2 aromatic rings. The molecule has 0 saturated carbocycles. The molecule has 3 N–H and O–H groups in total. The lowest BCUT2D eigenvalue weighted by molar-refractivity contribution is -0.150. The van der Waals surface area contributed by atoms with E-state index in [1.54, 1.807) is 25.2 Å². The quantitative estimate of drug-likeness (QED) is 0.0778. The van der Waals surface area contributed by atoms with Crippen molar-refractivity contribution in [2.45, 2.75) is 31.3 Å². The number of para-hydroxylation sites is 1. The third kappa shape index (κ3) is 11.2. The van der Waals surface area contributed by atoms with Gasteiger partial charge in [0, 0.05) is 37.1 Å². The first-order valence-corrected chi connectivity index (χ1v) is 12.5. The second-order valence-corrected chi connectivity index (χ2v) is 9.00. The average Bonchev–Trinajstić information content (AvgIpc) is 3.30. The molecule has 2 amide bonds. The van der Waals surface area contributed by atoms with Crippen LogP contribution in [0, 0.1) is 0 Å². The molecular weight excluding hydrogens is 508 g/mol. The zero-order valence-electron chi connectivity index (χ0n) is 22.5. The number of aromatic nitrogens is 1. The minimum Gasteiger partial charge on any atom is -0.462 e. The van der Waals surface area contributed by atoms with Gasteiger partial charge >= 0.3 is 12.2 Å². The minimum absolute atomic E-state index is 0.0567. The Morgan fingerprint density at radius 1 is 1.08 bits per heavy atom. The van der Waals surface area contributed by atoms with Gasteiger partial charge in [-0.15, -0.1) is 0 Å². The van der Waals surface area contributed by atoms with Gasteiger partial charge in [0.2, 0.25) is 17.6 Å². The number of aromatic amines is 1. The van der Waals surface area contributed by atoms with Gasteiger partial charge in [0.1, 0.15) is 18.7 Å². The standard InChI is InChI=1S/C26H36N6O7/c1-32(2)17-24(34)30-23(14-18-15-28-21-7-5-4-6-20(18)21)25(35)31-22(9-8-19(33)16-29-27)26(36)39-13-12-38-11-10-37-3/h4-7,15-16,22-23,28H,8-14,17H2,1-3H3,(H,30,34)(H,31,35)/t22-,23?/m0/s1. The highest BCUT2D eigenvalue weighted by atomic mass is 16.6. The van der Waals surface area contributed by atoms with Crippen LogP contribution in [0.5, 0.6) is 0 Å². The first-order chi connectivity index (χ1) is 18.7. The molecule has 0 spiro atoms. The number of carbonyl (C=O) groups is 4. The molecule has 1 aromatic heterocycles. The van der Waals surface area contributed by atoms with Crippen LogP contribution >= 0.6 is 0 Å². The molecule has 0 bridgehead atoms. The molecular formula is C26H36N6O7. The van der Waals surface area contributed by atoms with Gasteiger partial charge in [-0.2, -0.15) is 4.79 Å². The zero-order chi connectivity index (χ0) is 28.6. The molecule has 212 valence electrons. The van der Waals surface area contributed by atoms with E-state index in [1.165, 1.54) is 7.11 Å². The van der Waals surface area contributed by atoms with Crippen molar-refractivity contribution in [3.8, 4) is 0 Å². The fourth-order valence-corrected chi connectivity index (χ4v) is 3.74. The highest BCUT2D eigenvalue weighted by Gasteiger charge is 2.29. The Kier molecular flexibility index (Phi) is 13.5. The van der Waals surface area contributed by atoms with E-state index in [-0.39, 0.29) is 44.9 Å². The molecule has 0 aliphatic rings. The van der Waals surface area contributed by atoms with Crippen molar-refractivity contribution in [3.63, 3.8) is 0 Å². The summed E-state index contributed by atoms with van der Waals surface area (Å²) in [4.78, 5) is 58.2. The number of hydrogen-bond acceptors (Lipinski definition) is 8. The molecule has 1 unspecified atom stereocenters. The summed E-state index contributed by atoms with van der Waals surface area (Å²) in [6, 6.07) is 5.35. The highest BCUT2D eigenvalue weighted by Crippen LogP contribution is 2.19. The fourth-order valence-electron chi connectivity index (χ4n) is 3.74. The zero-order valence-corrected chi connectivity index (χ0v) is 22.5. The average molecular weight is 545 g/mol. The van der Waals surface area contributed by atoms with Crippen LogP contribution in [0.2, 0.25) is 0 Å². The second-order valence-electron chi connectivity index (χ2n) is 9.00. The van der Waals surface area contributed by atoms with Gasteiger partial charge in [-0.25, -0.2) is 4.79 Å².